The first kappa shape index (κ1) is 14.5. The average Bonchev–Trinajstić information content (AvgIpc) is 2.85. The van der Waals surface area contributed by atoms with Gasteiger partial charge < -0.3 is 10.2 Å². The molecule has 5 nitrogen and oxygen atoms in total. The van der Waals surface area contributed by atoms with Crippen molar-refractivity contribution in [1.29, 1.82) is 0 Å². The molecule has 0 unspecified atom stereocenters. The molecule has 2 amide bonds. The summed E-state index contributed by atoms with van der Waals surface area (Å²) in [4.78, 5) is 27.3. The zero-order chi connectivity index (χ0) is 14.5. The SMILES string of the molecule is CCN(C)CC(=O)Nc1cccc(N2CCCC2=O)c1. The summed E-state index contributed by atoms with van der Waals surface area (Å²) < 4.78 is 0. The van der Waals surface area contributed by atoms with Crippen molar-refractivity contribution in [2.24, 2.45) is 0 Å². The Bertz CT molecular complexity index is 502. The largest absolute Gasteiger partial charge is 0.325 e. The van der Waals surface area contributed by atoms with Gasteiger partial charge in [-0.3, -0.25) is 14.5 Å². The molecule has 1 fully saturated rings. The number of rotatable bonds is 5. The van der Waals surface area contributed by atoms with Crippen molar-refractivity contribution in [2.45, 2.75) is 19.8 Å². The van der Waals surface area contributed by atoms with E-state index in [0.29, 0.717) is 13.0 Å². The monoisotopic (exact) mass is 275 g/mol. The second-order valence-electron chi connectivity index (χ2n) is 5.08. The van der Waals surface area contributed by atoms with Gasteiger partial charge in [-0.2, -0.15) is 0 Å². The van der Waals surface area contributed by atoms with Gasteiger partial charge in [-0.25, -0.2) is 0 Å². The number of amides is 2. The van der Waals surface area contributed by atoms with Gasteiger partial charge in [0.05, 0.1) is 6.54 Å². The van der Waals surface area contributed by atoms with Crippen LogP contribution in [0.5, 0.6) is 0 Å². The molecule has 0 aromatic heterocycles. The highest BCUT2D eigenvalue weighted by Crippen LogP contribution is 2.24. The Morgan fingerprint density at radius 2 is 2.25 bits per heavy atom. The molecular weight excluding hydrogens is 254 g/mol. The minimum absolute atomic E-state index is 0.0424. The lowest BCUT2D eigenvalue weighted by Crippen LogP contribution is -2.30. The van der Waals surface area contributed by atoms with Crippen molar-refractivity contribution < 1.29 is 9.59 Å². The zero-order valence-corrected chi connectivity index (χ0v) is 12.1. The van der Waals surface area contributed by atoms with Gasteiger partial charge in [0.2, 0.25) is 11.8 Å². The van der Waals surface area contributed by atoms with Gasteiger partial charge in [0.25, 0.3) is 0 Å². The number of hydrogen-bond acceptors (Lipinski definition) is 3. The van der Waals surface area contributed by atoms with Crippen LogP contribution in [0.3, 0.4) is 0 Å². The Balaban J connectivity index is 2.02. The first-order valence-electron chi connectivity index (χ1n) is 6.99. The van der Waals surface area contributed by atoms with E-state index in [9.17, 15) is 9.59 Å². The van der Waals surface area contributed by atoms with Crippen molar-refractivity contribution in [3.63, 3.8) is 0 Å². The zero-order valence-electron chi connectivity index (χ0n) is 12.1. The molecule has 1 aliphatic rings. The lowest BCUT2D eigenvalue weighted by Gasteiger charge is -2.17. The molecule has 1 N–H and O–H groups in total. The number of carbonyl (C=O) groups excluding carboxylic acids is 2. The van der Waals surface area contributed by atoms with Crippen LogP contribution in [0, 0.1) is 0 Å². The minimum atomic E-state index is -0.0424. The van der Waals surface area contributed by atoms with Crippen LogP contribution in [-0.4, -0.2) is 43.4 Å². The Morgan fingerprint density at radius 1 is 1.45 bits per heavy atom. The smallest absolute Gasteiger partial charge is 0.238 e. The van der Waals surface area contributed by atoms with Crippen molar-refractivity contribution in [1.82, 2.24) is 4.90 Å². The lowest BCUT2D eigenvalue weighted by atomic mass is 10.2. The summed E-state index contributed by atoms with van der Waals surface area (Å²) in [5.41, 5.74) is 1.59. The van der Waals surface area contributed by atoms with E-state index in [2.05, 4.69) is 5.32 Å². The van der Waals surface area contributed by atoms with Crippen LogP contribution in [0.4, 0.5) is 11.4 Å². The first-order chi connectivity index (χ1) is 9.60. The molecule has 0 bridgehead atoms. The molecule has 0 aliphatic carbocycles. The molecule has 0 atom stereocenters. The van der Waals surface area contributed by atoms with Gasteiger partial charge in [0.1, 0.15) is 0 Å². The summed E-state index contributed by atoms with van der Waals surface area (Å²) in [6, 6.07) is 7.46. The second kappa shape index (κ2) is 6.52. The van der Waals surface area contributed by atoms with E-state index in [4.69, 9.17) is 0 Å². The summed E-state index contributed by atoms with van der Waals surface area (Å²) in [5, 5.41) is 2.87. The van der Waals surface area contributed by atoms with Gasteiger partial charge in [-0.05, 0) is 38.2 Å². The number of nitrogens with zero attached hydrogens (tertiary/aromatic N) is 2. The third-order valence-corrected chi connectivity index (χ3v) is 3.47. The normalized spacial score (nSPS) is 14.9. The topological polar surface area (TPSA) is 52.7 Å². The Kier molecular flexibility index (Phi) is 4.74. The van der Waals surface area contributed by atoms with Crippen LogP contribution >= 0.6 is 0 Å². The quantitative estimate of drug-likeness (QED) is 0.890. The van der Waals surface area contributed by atoms with Gasteiger partial charge >= 0.3 is 0 Å². The fourth-order valence-electron chi connectivity index (χ4n) is 2.23. The molecule has 1 aromatic rings. The number of hydrogen-bond donors (Lipinski definition) is 1. The highest BCUT2D eigenvalue weighted by atomic mass is 16.2. The van der Waals surface area contributed by atoms with Crippen LogP contribution in [0.25, 0.3) is 0 Å². The number of likely N-dealkylation sites (N-methyl/N-ethyl adjacent to an activating group) is 1. The Labute approximate surface area is 119 Å². The standard InChI is InChI=1S/C15H21N3O2/c1-3-17(2)11-14(19)16-12-6-4-7-13(10-12)18-9-5-8-15(18)20/h4,6-7,10H,3,5,8-9,11H2,1-2H3,(H,16,19). The van der Waals surface area contributed by atoms with Crippen molar-refractivity contribution in [3.05, 3.63) is 24.3 Å². The van der Waals surface area contributed by atoms with Crippen LogP contribution < -0.4 is 10.2 Å². The highest BCUT2D eigenvalue weighted by Gasteiger charge is 2.21. The summed E-state index contributed by atoms with van der Waals surface area (Å²) in [7, 11) is 1.90. The average molecular weight is 275 g/mol. The number of nitrogens with one attached hydrogen (secondary N) is 1. The van der Waals surface area contributed by atoms with Gasteiger partial charge in [0.15, 0.2) is 0 Å². The number of carbonyl (C=O) groups is 2. The van der Waals surface area contributed by atoms with Crippen LogP contribution in [0.1, 0.15) is 19.8 Å². The maximum Gasteiger partial charge on any atom is 0.238 e. The Morgan fingerprint density at radius 3 is 2.90 bits per heavy atom. The predicted molar refractivity (Wildman–Crippen MR) is 79.8 cm³/mol. The number of anilines is 2. The molecule has 108 valence electrons. The van der Waals surface area contributed by atoms with E-state index in [1.165, 1.54) is 0 Å². The second-order valence-corrected chi connectivity index (χ2v) is 5.08. The molecule has 0 radical (unpaired) electrons. The molecule has 0 spiro atoms. The molecule has 20 heavy (non-hydrogen) atoms. The third-order valence-electron chi connectivity index (χ3n) is 3.47. The van der Waals surface area contributed by atoms with E-state index in [0.717, 1.165) is 30.9 Å². The lowest BCUT2D eigenvalue weighted by molar-refractivity contribution is -0.117. The van der Waals surface area contributed by atoms with Gasteiger partial charge in [0, 0.05) is 24.3 Å². The maximum absolute atomic E-state index is 11.8. The van der Waals surface area contributed by atoms with Crippen LogP contribution in [0.15, 0.2) is 24.3 Å². The van der Waals surface area contributed by atoms with Crippen molar-refractivity contribution in [3.8, 4) is 0 Å². The van der Waals surface area contributed by atoms with E-state index in [1.807, 2.05) is 43.1 Å². The highest BCUT2D eigenvalue weighted by molar-refractivity contribution is 5.97. The minimum Gasteiger partial charge on any atom is -0.325 e. The summed E-state index contributed by atoms with van der Waals surface area (Å²) in [6.45, 7) is 3.96. The summed E-state index contributed by atoms with van der Waals surface area (Å²) in [6.07, 6.45) is 1.51. The molecule has 1 saturated heterocycles. The molecule has 1 aliphatic heterocycles. The molecular formula is C15H21N3O2. The van der Waals surface area contributed by atoms with E-state index in [1.54, 1.807) is 4.90 Å². The summed E-state index contributed by atoms with van der Waals surface area (Å²) >= 11 is 0. The third kappa shape index (κ3) is 3.57. The van der Waals surface area contributed by atoms with Crippen LogP contribution in [0.2, 0.25) is 0 Å². The van der Waals surface area contributed by atoms with E-state index >= 15 is 0 Å². The Hall–Kier alpha value is -1.88. The number of benzene rings is 1. The van der Waals surface area contributed by atoms with Gasteiger partial charge in [-0.1, -0.05) is 13.0 Å². The molecule has 1 aromatic carbocycles. The molecule has 2 rings (SSSR count). The summed E-state index contributed by atoms with van der Waals surface area (Å²) in [5.74, 6) is 0.110. The fourth-order valence-corrected chi connectivity index (χ4v) is 2.23. The van der Waals surface area contributed by atoms with Gasteiger partial charge in [-0.15, -0.1) is 0 Å². The first-order valence-corrected chi connectivity index (χ1v) is 6.99. The predicted octanol–water partition coefficient (Wildman–Crippen LogP) is 1.70. The van der Waals surface area contributed by atoms with E-state index in [-0.39, 0.29) is 11.8 Å². The molecule has 5 heteroatoms. The molecule has 0 saturated carbocycles. The molecule has 1 heterocycles. The van der Waals surface area contributed by atoms with Crippen molar-refractivity contribution >= 4 is 23.2 Å². The maximum atomic E-state index is 11.8. The fraction of sp³-hybridized carbons (Fsp3) is 0.467. The van der Waals surface area contributed by atoms with E-state index < -0.39 is 0 Å². The van der Waals surface area contributed by atoms with Crippen molar-refractivity contribution in [2.75, 3.05) is 36.9 Å². The van der Waals surface area contributed by atoms with Crippen LogP contribution in [-0.2, 0) is 9.59 Å².